The van der Waals surface area contributed by atoms with Crippen LogP contribution in [0.1, 0.15) is 113 Å². The van der Waals surface area contributed by atoms with Gasteiger partial charge in [0.15, 0.2) is 0 Å². The lowest BCUT2D eigenvalue weighted by molar-refractivity contribution is 0.302. The Morgan fingerprint density at radius 3 is 1.75 bits per heavy atom. The second kappa shape index (κ2) is 17.7. The molecule has 0 aliphatic heterocycles. The summed E-state index contributed by atoms with van der Waals surface area (Å²) in [6.45, 7) is 10.1. The quantitative estimate of drug-likeness (QED) is 0.119. The monoisotopic (exact) mass is 489 g/mol. The fourth-order valence-corrected chi connectivity index (χ4v) is 4.26. The van der Waals surface area contributed by atoms with Gasteiger partial charge in [0.1, 0.15) is 11.5 Å². The van der Waals surface area contributed by atoms with E-state index < -0.39 is 0 Å². The van der Waals surface area contributed by atoms with E-state index in [0.717, 1.165) is 59.8 Å². The highest BCUT2D eigenvalue weighted by Crippen LogP contribution is 2.28. The Morgan fingerprint density at radius 2 is 1.19 bits per heavy atom. The van der Waals surface area contributed by atoms with Gasteiger partial charge in [0, 0.05) is 0 Å². The van der Waals surface area contributed by atoms with Gasteiger partial charge in [-0.1, -0.05) is 102 Å². The molecule has 0 saturated carbocycles. The number of aryl methyl sites for hydroxylation is 2. The third-order valence-corrected chi connectivity index (χ3v) is 6.65. The molecule has 3 nitrogen and oxygen atoms in total. The molecule has 0 radical (unpaired) electrons. The number of allylic oxidation sites excluding steroid dienone is 1. The van der Waals surface area contributed by atoms with Gasteiger partial charge >= 0.3 is 0 Å². The van der Waals surface area contributed by atoms with Gasteiger partial charge in [-0.2, -0.15) is 5.26 Å². The normalized spacial score (nSPS) is 11.4. The third-order valence-electron chi connectivity index (χ3n) is 6.65. The molecule has 0 fully saturated rings. The average molecular weight is 490 g/mol. The molecule has 0 spiro atoms. The summed E-state index contributed by atoms with van der Waals surface area (Å²) in [5.41, 5.74) is 4.71. The average Bonchev–Trinajstić information content (AvgIpc) is 2.88. The van der Waals surface area contributed by atoms with Crippen LogP contribution in [0.15, 0.2) is 36.4 Å². The van der Waals surface area contributed by atoms with Crippen LogP contribution in [0.5, 0.6) is 11.5 Å². The summed E-state index contributed by atoms with van der Waals surface area (Å²) >= 11 is 0. The molecule has 2 aromatic rings. The van der Waals surface area contributed by atoms with Gasteiger partial charge in [-0.15, -0.1) is 0 Å². The summed E-state index contributed by atoms with van der Waals surface area (Å²) < 4.78 is 12.2. The van der Waals surface area contributed by atoms with Crippen molar-refractivity contribution in [1.82, 2.24) is 0 Å². The third kappa shape index (κ3) is 10.9. The topological polar surface area (TPSA) is 42.2 Å². The first-order valence-corrected chi connectivity index (χ1v) is 14.2. The highest BCUT2D eigenvalue weighted by atomic mass is 16.5. The van der Waals surface area contributed by atoms with Crippen LogP contribution in [0.4, 0.5) is 0 Å². The Bertz CT molecular complexity index is 970. The molecule has 0 heterocycles. The molecule has 3 heteroatoms. The molecule has 196 valence electrons. The van der Waals surface area contributed by atoms with E-state index in [1.54, 1.807) is 0 Å². The van der Waals surface area contributed by atoms with Gasteiger partial charge in [0.2, 0.25) is 0 Å². The molecule has 0 bridgehead atoms. The van der Waals surface area contributed by atoms with Crippen molar-refractivity contribution in [3.63, 3.8) is 0 Å². The minimum absolute atomic E-state index is 0.630. The maximum Gasteiger partial charge on any atom is 0.122 e. The molecule has 0 aliphatic rings. The summed E-state index contributed by atoms with van der Waals surface area (Å²) in [7, 11) is 0. The van der Waals surface area contributed by atoms with Crippen LogP contribution in [0.2, 0.25) is 0 Å². The van der Waals surface area contributed by atoms with Gasteiger partial charge in [0.05, 0.1) is 24.9 Å². The van der Waals surface area contributed by atoms with E-state index in [0.29, 0.717) is 5.57 Å². The Morgan fingerprint density at radius 1 is 0.694 bits per heavy atom. The molecule has 0 aromatic heterocycles. The Kier molecular flexibility index (Phi) is 14.5. The first-order valence-electron chi connectivity index (χ1n) is 14.2. The first-order chi connectivity index (χ1) is 17.6. The minimum atomic E-state index is 0.630. The van der Waals surface area contributed by atoms with E-state index in [-0.39, 0.29) is 0 Å². The van der Waals surface area contributed by atoms with E-state index in [4.69, 9.17) is 9.47 Å². The van der Waals surface area contributed by atoms with Crippen molar-refractivity contribution in [3.8, 4) is 17.6 Å². The van der Waals surface area contributed by atoms with Crippen molar-refractivity contribution in [1.29, 1.82) is 5.26 Å². The van der Waals surface area contributed by atoms with Gasteiger partial charge in [0.25, 0.3) is 0 Å². The van der Waals surface area contributed by atoms with Crippen LogP contribution in [0.3, 0.4) is 0 Å². The Labute approximate surface area is 220 Å². The molecule has 0 atom stereocenters. The van der Waals surface area contributed by atoms with Crippen LogP contribution >= 0.6 is 0 Å². The van der Waals surface area contributed by atoms with E-state index in [1.807, 2.05) is 30.3 Å². The largest absolute Gasteiger partial charge is 0.493 e. The van der Waals surface area contributed by atoms with Crippen molar-refractivity contribution >= 4 is 11.6 Å². The predicted molar refractivity (Wildman–Crippen MR) is 154 cm³/mol. The van der Waals surface area contributed by atoms with E-state index >= 15 is 0 Å². The fraction of sp³-hybridized carbons (Fsp3) is 0.545. The zero-order chi connectivity index (χ0) is 26.0. The fourth-order valence-electron chi connectivity index (χ4n) is 4.26. The number of benzene rings is 2. The zero-order valence-electron chi connectivity index (χ0n) is 23.2. The molecule has 2 rings (SSSR count). The van der Waals surface area contributed by atoms with Gasteiger partial charge < -0.3 is 9.47 Å². The molecule has 0 amide bonds. The second-order valence-corrected chi connectivity index (χ2v) is 9.91. The lowest BCUT2D eigenvalue weighted by Gasteiger charge is -2.12. The predicted octanol–water partition coefficient (Wildman–Crippen LogP) is 9.85. The summed E-state index contributed by atoms with van der Waals surface area (Å²) in [4.78, 5) is 0. The molecular formula is C33H47NO2. The number of rotatable bonds is 18. The number of hydrogen-bond donors (Lipinski definition) is 0. The van der Waals surface area contributed by atoms with E-state index in [1.165, 1.54) is 64.2 Å². The number of ether oxygens (including phenoxy) is 2. The summed E-state index contributed by atoms with van der Waals surface area (Å²) in [6, 6.07) is 14.6. The van der Waals surface area contributed by atoms with E-state index in [9.17, 15) is 5.26 Å². The number of nitriles is 1. The van der Waals surface area contributed by atoms with Crippen LogP contribution in [0, 0.1) is 25.2 Å². The maximum atomic E-state index is 9.91. The summed E-state index contributed by atoms with van der Waals surface area (Å²) in [5, 5.41) is 9.91. The highest BCUT2D eigenvalue weighted by Gasteiger charge is 2.08. The lowest BCUT2D eigenvalue weighted by atomic mass is 10.0. The van der Waals surface area contributed by atoms with Crippen molar-refractivity contribution in [2.75, 3.05) is 13.2 Å². The van der Waals surface area contributed by atoms with Gasteiger partial charge in [-0.05, 0) is 67.2 Å². The first kappa shape index (κ1) is 29.5. The summed E-state index contributed by atoms with van der Waals surface area (Å²) in [6.07, 6.45) is 16.9. The lowest BCUT2D eigenvalue weighted by Crippen LogP contribution is -2.00. The van der Waals surface area contributed by atoms with Crippen LogP contribution in [-0.4, -0.2) is 13.2 Å². The molecular weight excluding hydrogens is 442 g/mol. The number of hydrogen-bond acceptors (Lipinski definition) is 3. The SMILES string of the molecule is CCCCCCCCOc1cc(/C=C(\C#N)c2ccc(C)c(OCCCCCCCC)c2)ccc1C. The summed E-state index contributed by atoms with van der Waals surface area (Å²) in [5.74, 6) is 1.77. The van der Waals surface area contributed by atoms with Crippen LogP contribution in [0.25, 0.3) is 11.6 Å². The van der Waals surface area contributed by atoms with E-state index in [2.05, 4.69) is 45.9 Å². The van der Waals surface area contributed by atoms with Crippen molar-refractivity contribution in [3.05, 3.63) is 58.7 Å². The zero-order valence-corrected chi connectivity index (χ0v) is 23.2. The second-order valence-electron chi connectivity index (χ2n) is 9.91. The highest BCUT2D eigenvalue weighted by molar-refractivity contribution is 5.90. The standard InChI is InChI=1S/C33H47NO2/c1-5-7-9-11-13-15-21-35-32-24-29(19-17-27(32)3)23-31(26-34)30-20-18-28(4)33(25-30)36-22-16-14-12-10-8-6-2/h17-20,23-25H,5-16,21-22H2,1-4H3/b31-23+. The van der Waals surface area contributed by atoms with Crippen molar-refractivity contribution < 1.29 is 9.47 Å². The Hall–Kier alpha value is -2.73. The number of nitrogens with zero attached hydrogens (tertiary/aromatic N) is 1. The van der Waals surface area contributed by atoms with Crippen LogP contribution < -0.4 is 9.47 Å². The molecule has 0 N–H and O–H groups in total. The van der Waals surface area contributed by atoms with Crippen molar-refractivity contribution in [2.24, 2.45) is 0 Å². The molecule has 0 aliphatic carbocycles. The van der Waals surface area contributed by atoms with Gasteiger partial charge in [-0.3, -0.25) is 0 Å². The minimum Gasteiger partial charge on any atom is -0.493 e. The molecule has 2 aromatic carbocycles. The van der Waals surface area contributed by atoms with Gasteiger partial charge in [-0.25, -0.2) is 0 Å². The van der Waals surface area contributed by atoms with Crippen LogP contribution in [-0.2, 0) is 0 Å². The molecule has 36 heavy (non-hydrogen) atoms. The molecule has 0 saturated heterocycles. The molecule has 0 unspecified atom stereocenters. The Balaban J connectivity index is 1.99. The smallest absolute Gasteiger partial charge is 0.122 e. The van der Waals surface area contributed by atoms with Crippen molar-refractivity contribution in [2.45, 2.75) is 105 Å². The maximum absolute atomic E-state index is 9.91. The number of unbranched alkanes of at least 4 members (excludes halogenated alkanes) is 10.